The summed E-state index contributed by atoms with van der Waals surface area (Å²) in [6, 6.07) is 14.5. The predicted molar refractivity (Wildman–Crippen MR) is 272 cm³/mol. The Morgan fingerprint density at radius 3 is 1.71 bits per heavy atom. The number of aryl methyl sites for hydroxylation is 4. The summed E-state index contributed by atoms with van der Waals surface area (Å²) in [5.74, 6) is 1.04. The van der Waals surface area contributed by atoms with Gasteiger partial charge in [0.1, 0.15) is 15.7 Å². The third kappa shape index (κ3) is 11.3. The van der Waals surface area contributed by atoms with Gasteiger partial charge in [-0.1, -0.05) is 18.2 Å². The van der Waals surface area contributed by atoms with Crippen LogP contribution < -0.4 is 29.6 Å². The van der Waals surface area contributed by atoms with Gasteiger partial charge in [-0.05, 0) is 139 Å². The molecule has 0 bridgehead atoms. The molecule has 69 heavy (non-hydrogen) atoms. The van der Waals surface area contributed by atoms with Crippen molar-refractivity contribution in [3.8, 4) is 21.1 Å². The van der Waals surface area contributed by atoms with Crippen LogP contribution in [0.15, 0.2) is 72.1 Å². The van der Waals surface area contributed by atoms with Crippen LogP contribution in [0.25, 0.3) is 43.2 Å². The molecule has 2 aliphatic carbocycles. The van der Waals surface area contributed by atoms with E-state index in [9.17, 15) is 8.42 Å². The number of ether oxygens (including phenoxy) is 2. The zero-order valence-corrected chi connectivity index (χ0v) is 45.3. The van der Waals surface area contributed by atoms with E-state index >= 15 is 0 Å². The Kier molecular flexibility index (Phi) is 17.3. The summed E-state index contributed by atoms with van der Waals surface area (Å²) in [5.41, 5.74) is 8.11. The van der Waals surface area contributed by atoms with E-state index in [0.717, 1.165) is 114 Å². The van der Waals surface area contributed by atoms with Gasteiger partial charge in [0, 0.05) is 108 Å². The largest absolute Gasteiger partial charge is 1.00 e. The Bertz CT molecular complexity index is 2860. The predicted octanol–water partition coefficient (Wildman–Crippen LogP) is 7.64. The molecule has 4 aliphatic rings. The van der Waals surface area contributed by atoms with Crippen molar-refractivity contribution in [1.29, 1.82) is 0 Å². The third-order valence-corrected chi connectivity index (χ3v) is 18.8. The Hall–Kier alpha value is -3.39. The number of aromatic nitrogens is 6. The second-order valence-corrected chi connectivity index (χ2v) is 23.2. The first-order chi connectivity index (χ1) is 32.6. The molecule has 2 N–H and O–H groups in total. The molecule has 1 aromatic carbocycles. The minimum absolute atomic E-state index is 0. The Labute approximate surface area is 437 Å². The molecule has 0 radical (unpaired) electrons. The fourth-order valence-electron chi connectivity index (χ4n) is 10.8. The number of H-pyrrole nitrogens is 1. The van der Waals surface area contributed by atoms with Crippen LogP contribution in [0.1, 0.15) is 108 Å². The van der Waals surface area contributed by atoms with Crippen molar-refractivity contribution in [3.63, 3.8) is 0 Å². The number of hydrogen-bond donors (Lipinski definition) is 1. The molecule has 6 aromatic heterocycles. The van der Waals surface area contributed by atoms with Gasteiger partial charge in [0.05, 0.1) is 29.5 Å². The zero-order valence-electron chi connectivity index (χ0n) is 40.8. The minimum atomic E-state index is -3.80. The fourth-order valence-corrected chi connectivity index (χ4v) is 14.0. The third-order valence-electron chi connectivity index (χ3n) is 14.9. The second-order valence-electron chi connectivity index (χ2n) is 19.0. The molecule has 0 atom stereocenters. The summed E-state index contributed by atoms with van der Waals surface area (Å²) < 4.78 is 39.9. The van der Waals surface area contributed by atoms with Gasteiger partial charge in [0.15, 0.2) is 5.65 Å². The van der Waals surface area contributed by atoms with E-state index in [-0.39, 0.29) is 39.9 Å². The number of benzene rings is 1. The van der Waals surface area contributed by atoms with E-state index in [1.165, 1.54) is 82.4 Å². The van der Waals surface area contributed by atoms with Crippen LogP contribution in [0, 0.1) is 27.7 Å². The van der Waals surface area contributed by atoms with E-state index in [1.54, 1.807) is 53.1 Å². The monoisotopic (exact) mass is 1000 g/mol. The maximum atomic E-state index is 13.7. The first kappa shape index (κ1) is 51.9. The topological polar surface area (TPSA) is 161 Å². The molecule has 2 saturated heterocycles. The number of fused-ring (bicyclic) bond motifs is 2. The minimum Gasteiger partial charge on any atom is -0.870 e. The van der Waals surface area contributed by atoms with Crippen molar-refractivity contribution in [1.82, 2.24) is 38.7 Å². The molecule has 0 unspecified atom stereocenters. The second kappa shape index (κ2) is 23.0. The molecular weight excluding hydrogens is 936 g/mol. The molecule has 4 fully saturated rings. The van der Waals surface area contributed by atoms with Crippen LogP contribution in [-0.2, 0) is 19.5 Å². The first-order valence-electron chi connectivity index (χ1n) is 24.4. The van der Waals surface area contributed by atoms with E-state index in [1.807, 2.05) is 19.2 Å². The summed E-state index contributed by atoms with van der Waals surface area (Å²) >= 11 is 3.37. The number of pyridine rings is 2. The van der Waals surface area contributed by atoms with Gasteiger partial charge in [0.25, 0.3) is 10.0 Å². The van der Waals surface area contributed by atoms with Crippen LogP contribution in [0.2, 0.25) is 0 Å². The normalized spacial score (nSPS) is 22.0. The summed E-state index contributed by atoms with van der Waals surface area (Å²) in [7, 11) is -3.80. The summed E-state index contributed by atoms with van der Waals surface area (Å²) in [6.07, 6.45) is 19.7. The van der Waals surface area contributed by atoms with Crippen molar-refractivity contribution in [2.45, 2.75) is 121 Å². The Balaban J connectivity index is 0.000000187. The fraction of sp³-hybridized carbons (Fsp3) is 0.500. The van der Waals surface area contributed by atoms with Crippen LogP contribution in [0.4, 0.5) is 0 Å². The van der Waals surface area contributed by atoms with Gasteiger partial charge in [-0.15, -0.1) is 22.7 Å². The summed E-state index contributed by atoms with van der Waals surface area (Å²) in [4.78, 5) is 30.4. The van der Waals surface area contributed by atoms with Gasteiger partial charge in [-0.25, -0.2) is 32.3 Å². The van der Waals surface area contributed by atoms with Crippen molar-refractivity contribution < 1.29 is 52.9 Å². The van der Waals surface area contributed by atoms with Crippen molar-refractivity contribution in [2.75, 3.05) is 52.6 Å². The molecule has 11 rings (SSSR count). The van der Waals surface area contributed by atoms with Crippen LogP contribution in [-0.4, -0.2) is 117 Å². The summed E-state index contributed by atoms with van der Waals surface area (Å²) in [5, 5.41) is 3.99. The quantitative estimate of drug-likeness (QED) is 0.149. The van der Waals surface area contributed by atoms with Crippen molar-refractivity contribution in [2.24, 2.45) is 0 Å². The SMILES string of the molecule is Cc1nc(-c2c[nH]c3ncc(C4CCC(N5CCCOCC5)CC4)cc23)sc1C.Cc1nc(-c2cn(S(=O)(=O)c3ccccc3)c3ncc(C4CCC(N5CCCOCC5)CC4)cc23)sc1C.[Na+].[OH-]. The molecule has 17 heteroatoms. The number of hydrogen-bond acceptors (Lipinski definition) is 13. The molecule has 362 valence electrons. The number of thiazole rings is 2. The molecule has 8 heterocycles. The van der Waals surface area contributed by atoms with Crippen molar-refractivity contribution in [3.05, 3.63) is 99.5 Å². The van der Waals surface area contributed by atoms with Crippen LogP contribution in [0.3, 0.4) is 0 Å². The molecule has 7 aromatic rings. The Morgan fingerprint density at radius 2 is 1.17 bits per heavy atom. The van der Waals surface area contributed by atoms with Gasteiger partial charge >= 0.3 is 29.6 Å². The van der Waals surface area contributed by atoms with E-state index in [4.69, 9.17) is 29.4 Å². The number of nitrogens with zero attached hydrogens (tertiary/aromatic N) is 7. The number of rotatable bonds is 8. The van der Waals surface area contributed by atoms with Gasteiger partial charge < -0.3 is 19.9 Å². The van der Waals surface area contributed by atoms with Gasteiger partial charge in [-0.2, -0.15) is 0 Å². The van der Waals surface area contributed by atoms with E-state index in [0.29, 0.717) is 23.5 Å². The Morgan fingerprint density at radius 1 is 0.652 bits per heavy atom. The zero-order chi connectivity index (χ0) is 46.1. The number of nitrogens with one attached hydrogen (secondary N) is 1. The average Bonchev–Trinajstić information content (AvgIpc) is 3.99. The molecule has 0 amide bonds. The summed E-state index contributed by atoms with van der Waals surface area (Å²) in [6.45, 7) is 16.3. The van der Waals surface area contributed by atoms with Gasteiger partial charge in [-0.3, -0.25) is 9.80 Å². The maximum absolute atomic E-state index is 13.7. The molecule has 13 nitrogen and oxygen atoms in total. The van der Waals surface area contributed by atoms with Crippen LogP contribution in [0.5, 0.6) is 0 Å². The van der Waals surface area contributed by atoms with Crippen molar-refractivity contribution >= 4 is 54.8 Å². The molecule has 2 aliphatic heterocycles. The molecule has 2 saturated carbocycles. The smallest absolute Gasteiger partial charge is 0.870 e. The number of aromatic amines is 1. The average molecular weight is 1000 g/mol. The maximum Gasteiger partial charge on any atom is 1.00 e. The standard InChI is InChI=1S/C29H34N4O3S2.C23H30N4OS.Na.H2O/c1-20-21(2)37-29(31-20)27-19-33(38(34,35)25-7-4-3-5-8-25)28-26(27)17-23(18-30-28)22-9-11-24(12-10-22)32-13-6-15-36-16-14-32;1-15-16(2)29-23(26-15)21-14-25-22-20(21)12-18(13-24-22)17-4-6-19(7-5-17)27-8-3-10-28-11-9-27;;/h3-5,7-8,17-19,22,24H,6,9-16H2,1-2H3;12-14,17,19H,3-11H2,1-2H3,(H,24,25);;1H2/q;;+1;/p-1. The molecular formula is C52H65N8NaO5S3. The van der Waals surface area contributed by atoms with E-state index in [2.05, 4.69) is 60.1 Å². The van der Waals surface area contributed by atoms with E-state index < -0.39 is 10.0 Å². The van der Waals surface area contributed by atoms with Gasteiger partial charge in [0.2, 0.25) is 0 Å². The molecule has 0 spiro atoms. The van der Waals surface area contributed by atoms with Crippen LogP contribution >= 0.6 is 22.7 Å². The first-order valence-corrected chi connectivity index (χ1v) is 27.5.